The molecule has 0 radical (unpaired) electrons. The van der Waals surface area contributed by atoms with Gasteiger partial charge < -0.3 is 4.74 Å². The average Bonchev–Trinajstić information content (AvgIpc) is 3.15. The molecule has 0 saturated carbocycles. The summed E-state index contributed by atoms with van der Waals surface area (Å²) in [4.78, 5) is 0. The van der Waals surface area contributed by atoms with Gasteiger partial charge in [-0.3, -0.25) is 5.01 Å². The summed E-state index contributed by atoms with van der Waals surface area (Å²) in [7, 11) is 1.69. The number of methoxy groups -OCH3 is 1. The van der Waals surface area contributed by atoms with Gasteiger partial charge in [-0.25, -0.2) is 0 Å². The quantitative estimate of drug-likeness (QED) is 0.476. The van der Waals surface area contributed by atoms with Crippen molar-refractivity contribution in [2.75, 3.05) is 12.1 Å². The Morgan fingerprint density at radius 1 is 0.923 bits per heavy atom. The summed E-state index contributed by atoms with van der Waals surface area (Å²) in [5, 5.41) is 7.11. The van der Waals surface area contributed by atoms with Crippen molar-refractivity contribution in [3.8, 4) is 5.75 Å². The fraction of sp³-hybridized carbons (Fsp3) is 0.136. The molecule has 130 valence electrons. The van der Waals surface area contributed by atoms with Gasteiger partial charge in [0.15, 0.2) is 0 Å². The van der Waals surface area contributed by atoms with Crippen LogP contribution in [-0.4, -0.2) is 12.8 Å². The van der Waals surface area contributed by atoms with Crippen molar-refractivity contribution >= 4 is 34.0 Å². The molecular weight excluding hydrogens is 435 g/mol. The molecule has 3 aromatic carbocycles. The second-order valence-electron chi connectivity index (χ2n) is 6.23. The Balaban J connectivity index is 1.72. The van der Waals surface area contributed by atoms with Gasteiger partial charge in [-0.1, -0.05) is 42.5 Å². The summed E-state index contributed by atoms with van der Waals surface area (Å²) in [5.74, 6) is 0.872. The Kier molecular flexibility index (Phi) is 4.93. The number of rotatable bonds is 4. The molecule has 1 heterocycles. The van der Waals surface area contributed by atoms with Gasteiger partial charge in [0.1, 0.15) is 5.75 Å². The lowest BCUT2D eigenvalue weighted by Gasteiger charge is -2.24. The van der Waals surface area contributed by atoms with E-state index in [-0.39, 0.29) is 6.04 Å². The van der Waals surface area contributed by atoms with Gasteiger partial charge in [0, 0.05) is 9.99 Å². The second-order valence-corrected chi connectivity index (χ2v) is 7.47. The standard InChI is InChI=1S/C22H19IN2O/c1-26-20-13-7-17(8-14-20)22-15-21(16-5-3-2-4-6-16)24-25(22)19-11-9-18(23)10-12-19/h2-14,22H,15H2,1H3. The fourth-order valence-corrected chi connectivity index (χ4v) is 3.59. The van der Waals surface area contributed by atoms with Crippen LogP contribution in [0, 0.1) is 3.57 Å². The average molecular weight is 454 g/mol. The SMILES string of the molecule is COc1ccc(C2CC(c3ccccc3)=NN2c2ccc(I)cc2)cc1. The van der Waals surface area contributed by atoms with Crippen LogP contribution in [0.4, 0.5) is 5.69 Å². The van der Waals surface area contributed by atoms with Crippen molar-refractivity contribution in [3.63, 3.8) is 0 Å². The normalized spacial score (nSPS) is 16.5. The molecule has 0 fully saturated rings. The number of hydrogen-bond donors (Lipinski definition) is 0. The zero-order valence-corrected chi connectivity index (χ0v) is 16.6. The molecule has 1 aliphatic heterocycles. The summed E-state index contributed by atoms with van der Waals surface area (Å²) in [6, 6.07) is 27.4. The van der Waals surface area contributed by atoms with E-state index < -0.39 is 0 Å². The first-order valence-corrected chi connectivity index (χ1v) is 9.64. The van der Waals surface area contributed by atoms with Crippen LogP contribution >= 0.6 is 22.6 Å². The molecule has 26 heavy (non-hydrogen) atoms. The number of halogens is 1. The predicted octanol–water partition coefficient (Wildman–Crippen LogP) is 5.66. The summed E-state index contributed by atoms with van der Waals surface area (Å²) < 4.78 is 6.52. The highest BCUT2D eigenvalue weighted by molar-refractivity contribution is 14.1. The smallest absolute Gasteiger partial charge is 0.118 e. The molecule has 1 aliphatic rings. The van der Waals surface area contributed by atoms with Gasteiger partial charge in [0.05, 0.1) is 24.6 Å². The van der Waals surface area contributed by atoms with Crippen molar-refractivity contribution in [1.82, 2.24) is 0 Å². The molecule has 0 aliphatic carbocycles. The van der Waals surface area contributed by atoms with Crippen LogP contribution in [0.25, 0.3) is 0 Å². The minimum absolute atomic E-state index is 0.177. The van der Waals surface area contributed by atoms with Crippen LogP contribution < -0.4 is 9.75 Å². The zero-order chi connectivity index (χ0) is 17.9. The zero-order valence-electron chi connectivity index (χ0n) is 14.5. The monoisotopic (exact) mass is 454 g/mol. The highest BCUT2D eigenvalue weighted by atomic mass is 127. The molecule has 4 rings (SSSR count). The number of hydrogen-bond acceptors (Lipinski definition) is 3. The minimum atomic E-state index is 0.177. The number of benzene rings is 3. The largest absolute Gasteiger partial charge is 0.497 e. The molecule has 1 unspecified atom stereocenters. The molecule has 0 N–H and O–H groups in total. The van der Waals surface area contributed by atoms with E-state index in [0.717, 1.165) is 23.6 Å². The van der Waals surface area contributed by atoms with Crippen molar-refractivity contribution in [3.05, 3.63) is 93.6 Å². The lowest BCUT2D eigenvalue weighted by Crippen LogP contribution is -2.18. The Labute approximate surface area is 167 Å². The highest BCUT2D eigenvalue weighted by Gasteiger charge is 2.29. The van der Waals surface area contributed by atoms with E-state index >= 15 is 0 Å². The van der Waals surface area contributed by atoms with Crippen molar-refractivity contribution < 1.29 is 4.74 Å². The predicted molar refractivity (Wildman–Crippen MR) is 115 cm³/mol. The van der Waals surface area contributed by atoms with Crippen LogP contribution in [0.1, 0.15) is 23.6 Å². The molecule has 3 nitrogen and oxygen atoms in total. The molecular formula is C22H19IN2O. The van der Waals surface area contributed by atoms with E-state index in [1.165, 1.54) is 14.7 Å². The van der Waals surface area contributed by atoms with E-state index in [1.54, 1.807) is 7.11 Å². The molecule has 0 bridgehead atoms. The van der Waals surface area contributed by atoms with Crippen LogP contribution in [0.15, 0.2) is 84.0 Å². The molecule has 4 heteroatoms. The van der Waals surface area contributed by atoms with Gasteiger partial charge in [-0.05, 0) is 70.1 Å². The van der Waals surface area contributed by atoms with Crippen molar-refractivity contribution in [1.29, 1.82) is 0 Å². The minimum Gasteiger partial charge on any atom is -0.497 e. The third-order valence-corrected chi connectivity index (χ3v) is 5.33. The summed E-state index contributed by atoms with van der Waals surface area (Å²) in [6.45, 7) is 0. The van der Waals surface area contributed by atoms with E-state index in [1.807, 2.05) is 18.2 Å². The Bertz CT molecular complexity index is 905. The summed E-state index contributed by atoms with van der Waals surface area (Å²) in [6.07, 6.45) is 0.877. The van der Waals surface area contributed by atoms with Gasteiger partial charge in [0.25, 0.3) is 0 Å². The maximum atomic E-state index is 5.30. The lowest BCUT2D eigenvalue weighted by molar-refractivity contribution is 0.414. The first-order chi connectivity index (χ1) is 12.7. The first kappa shape index (κ1) is 17.1. The first-order valence-electron chi connectivity index (χ1n) is 8.56. The maximum Gasteiger partial charge on any atom is 0.118 e. The van der Waals surface area contributed by atoms with Gasteiger partial charge in [-0.15, -0.1) is 0 Å². The van der Waals surface area contributed by atoms with Crippen LogP contribution in [0.3, 0.4) is 0 Å². The Hall–Kier alpha value is -2.34. The van der Waals surface area contributed by atoms with Crippen LogP contribution in [0.5, 0.6) is 5.75 Å². The van der Waals surface area contributed by atoms with Gasteiger partial charge in [-0.2, -0.15) is 5.10 Å². The second kappa shape index (κ2) is 7.50. The van der Waals surface area contributed by atoms with Crippen LogP contribution in [-0.2, 0) is 0 Å². The number of hydrazone groups is 1. The van der Waals surface area contributed by atoms with E-state index in [2.05, 4.69) is 88.3 Å². The molecule has 0 amide bonds. The fourth-order valence-electron chi connectivity index (χ4n) is 3.23. The maximum absolute atomic E-state index is 5.30. The molecule has 0 aromatic heterocycles. The van der Waals surface area contributed by atoms with E-state index in [0.29, 0.717) is 0 Å². The van der Waals surface area contributed by atoms with E-state index in [4.69, 9.17) is 9.84 Å². The van der Waals surface area contributed by atoms with E-state index in [9.17, 15) is 0 Å². The lowest BCUT2D eigenvalue weighted by atomic mass is 9.98. The van der Waals surface area contributed by atoms with Gasteiger partial charge >= 0.3 is 0 Å². The van der Waals surface area contributed by atoms with Crippen molar-refractivity contribution in [2.24, 2.45) is 5.10 Å². The van der Waals surface area contributed by atoms with Gasteiger partial charge in [0.2, 0.25) is 0 Å². The third-order valence-electron chi connectivity index (χ3n) is 4.61. The molecule has 3 aromatic rings. The topological polar surface area (TPSA) is 24.8 Å². The summed E-state index contributed by atoms with van der Waals surface area (Å²) in [5.41, 5.74) is 4.64. The Morgan fingerprint density at radius 2 is 1.62 bits per heavy atom. The number of anilines is 1. The number of nitrogens with zero attached hydrogens (tertiary/aromatic N) is 2. The molecule has 0 saturated heterocycles. The van der Waals surface area contributed by atoms with Crippen LogP contribution in [0.2, 0.25) is 0 Å². The highest BCUT2D eigenvalue weighted by Crippen LogP contribution is 2.37. The Morgan fingerprint density at radius 3 is 2.27 bits per heavy atom. The molecule has 0 spiro atoms. The summed E-state index contributed by atoms with van der Waals surface area (Å²) >= 11 is 2.33. The van der Waals surface area contributed by atoms with Crippen molar-refractivity contribution in [2.45, 2.75) is 12.5 Å². The third kappa shape index (κ3) is 3.46. The molecule has 1 atom stereocenters. The number of ether oxygens (including phenoxy) is 1.